The third-order valence-electron chi connectivity index (χ3n) is 7.64. The minimum atomic E-state index is -1.10. The lowest BCUT2D eigenvalue weighted by atomic mass is 10.00. The molecule has 0 aliphatic carbocycles. The number of fused-ring (bicyclic) bond motifs is 1. The van der Waals surface area contributed by atoms with Gasteiger partial charge in [0.05, 0.1) is 16.3 Å². The second-order valence-corrected chi connectivity index (χ2v) is 13.6. The summed E-state index contributed by atoms with van der Waals surface area (Å²) in [6.45, 7) is 5.93. The Labute approximate surface area is 302 Å². The number of carbonyl (C=O) groups is 5. The molecule has 18 heteroatoms. The number of aromatic nitrogens is 1. The highest BCUT2D eigenvalue weighted by Crippen LogP contribution is 2.23. The van der Waals surface area contributed by atoms with Gasteiger partial charge in [-0.2, -0.15) is 0 Å². The van der Waals surface area contributed by atoms with Gasteiger partial charge in [-0.05, 0) is 76.0 Å². The second-order valence-electron chi connectivity index (χ2n) is 12.6. The monoisotopic (exact) mass is 730 g/mol. The van der Waals surface area contributed by atoms with Gasteiger partial charge in [0.1, 0.15) is 18.1 Å². The predicted octanol–water partition coefficient (Wildman–Crippen LogP) is -0.280. The molecule has 2 rings (SSSR count). The number of hydrogen-bond donors (Lipinski definition) is 9. The van der Waals surface area contributed by atoms with Crippen molar-refractivity contribution in [1.29, 1.82) is 0 Å². The number of nitrogens with one attached hydrogen (secondary N) is 4. The first-order valence-corrected chi connectivity index (χ1v) is 17.9. The van der Waals surface area contributed by atoms with Gasteiger partial charge >= 0.3 is 0 Å². The number of carbonyl (C=O) groups excluding carboxylic acids is 5. The van der Waals surface area contributed by atoms with Gasteiger partial charge in [-0.3, -0.25) is 34.0 Å². The van der Waals surface area contributed by atoms with E-state index in [2.05, 4.69) is 36.2 Å². The smallest absolute Gasteiger partial charge is 0.243 e. The Morgan fingerprint density at radius 3 is 1.78 bits per heavy atom. The first-order valence-electron chi connectivity index (χ1n) is 17.1. The molecule has 0 bridgehead atoms. The van der Waals surface area contributed by atoms with Crippen molar-refractivity contribution in [1.82, 2.24) is 26.3 Å². The van der Waals surface area contributed by atoms with Crippen LogP contribution in [0.15, 0.2) is 34.3 Å². The van der Waals surface area contributed by atoms with Crippen LogP contribution in [0.3, 0.4) is 0 Å². The number of nitrogens with two attached hydrogens (primary N) is 5. The maximum atomic E-state index is 13.9. The van der Waals surface area contributed by atoms with E-state index in [9.17, 15) is 24.0 Å². The zero-order valence-corrected chi connectivity index (χ0v) is 30.5. The average molecular weight is 731 g/mol. The lowest BCUT2D eigenvalue weighted by Crippen LogP contribution is -2.58. The van der Waals surface area contributed by atoms with Crippen molar-refractivity contribution in [2.75, 3.05) is 19.6 Å². The largest absolute Gasteiger partial charge is 0.370 e. The molecule has 4 atom stereocenters. The Kier molecular flexibility index (Phi) is 18.3. The molecule has 2 aromatic rings. The number of amides is 4. The van der Waals surface area contributed by atoms with Crippen molar-refractivity contribution < 1.29 is 24.0 Å². The van der Waals surface area contributed by atoms with Gasteiger partial charge in [-0.25, -0.2) is 4.98 Å². The van der Waals surface area contributed by atoms with Gasteiger partial charge in [0.15, 0.2) is 16.9 Å². The summed E-state index contributed by atoms with van der Waals surface area (Å²) in [5.74, 6) is -2.80. The highest BCUT2D eigenvalue weighted by molar-refractivity contribution is 7.20. The van der Waals surface area contributed by atoms with Crippen LogP contribution >= 0.6 is 11.3 Å². The number of hydrogen-bond acceptors (Lipinski definition) is 10. The van der Waals surface area contributed by atoms with E-state index in [0.29, 0.717) is 44.2 Å². The number of Topliss-reactive ketones (excluding diaryl/α,β-unsaturated/α-hetero) is 1. The highest BCUT2D eigenvalue weighted by Gasteiger charge is 2.32. The lowest BCUT2D eigenvalue weighted by molar-refractivity contribution is -0.134. The van der Waals surface area contributed by atoms with Gasteiger partial charge in [0, 0.05) is 20.0 Å². The first kappa shape index (κ1) is 42.3. The van der Waals surface area contributed by atoms with Crippen LogP contribution in [0.1, 0.15) is 81.9 Å². The fourth-order valence-electron chi connectivity index (χ4n) is 5.20. The molecule has 0 aliphatic heterocycles. The molecule has 1 heterocycles. The number of ketones is 1. The molecule has 0 radical (unpaired) electrons. The Hall–Kier alpha value is -4.84. The average Bonchev–Trinajstić information content (AvgIpc) is 3.50. The van der Waals surface area contributed by atoms with E-state index in [1.165, 1.54) is 18.3 Å². The number of para-hydroxylation sites is 1. The molecule has 0 unspecified atom stereocenters. The summed E-state index contributed by atoms with van der Waals surface area (Å²) in [4.78, 5) is 79.1. The van der Waals surface area contributed by atoms with E-state index in [1.54, 1.807) is 6.07 Å². The number of benzene rings is 1. The number of rotatable bonds is 23. The Balaban J connectivity index is 2.32. The van der Waals surface area contributed by atoms with Crippen molar-refractivity contribution >= 4 is 62.9 Å². The number of guanidine groups is 2. The van der Waals surface area contributed by atoms with Gasteiger partial charge in [-0.15, -0.1) is 11.3 Å². The van der Waals surface area contributed by atoms with Crippen molar-refractivity contribution in [2.45, 2.75) is 96.3 Å². The molecule has 0 aliphatic rings. The number of unbranched alkanes of at least 4 members (excludes halogenated alkanes) is 1. The van der Waals surface area contributed by atoms with Crippen molar-refractivity contribution in [3.63, 3.8) is 0 Å². The molecule has 0 fully saturated rings. The molecular weight excluding hydrogens is 677 g/mol. The van der Waals surface area contributed by atoms with Crippen LogP contribution in [0, 0.1) is 5.92 Å². The second kappa shape index (κ2) is 22.1. The third kappa shape index (κ3) is 15.7. The van der Waals surface area contributed by atoms with Crippen LogP contribution < -0.4 is 49.9 Å². The van der Waals surface area contributed by atoms with E-state index >= 15 is 0 Å². The SMILES string of the molecule is CC(=O)N[C@@H](CCCCN)C(=O)N[C@@H](CCCN=C(N)N)C(=O)N[C@@H](CC(C)C)C(=O)N[C@@H](CCCN=C(N)N)C(=O)c1nc2ccccc2s1. The van der Waals surface area contributed by atoms with Crippen LogP contribution in [-0.4, -0.2) is 90.1 Å². The molecule has 1 aromatic carbocycles. The maximum absolute atomic E-state index is 13.9. The Bertz CT molecular complexity index is 1490. The molecule has 0 saturated heterocycles. The van der Waals surface area contributed by atoms with Crippen LogP contribution in [0.25, 0.3) is 10.2 Å². The summed E-state index contributed by atoms with van der Waals surface area (Å²) in [5, 5.41) is 11.2. The van der Waals surface area contributed by atoms with Gasteiger partial charge in [-0.1, -0.05) is 26.0 Å². The van der Waals surface area contributed by atoms with Crippen LogP contribution in [0.5, 0.6) is 0 Å². The standard InChI is InChI=1S/C33H54N12O5S/c1-19(2)18-25(30(50)42-22(12-8-16-39-32(35)36)27(47)31-45-21-10-4-5-14-26(21)51-31)44-29(49)24(13-9-17-40-33(37)38)43-28(48)23(41-20(3)46)11-6-7-15-34/h4-5,10,14,19,22-25H,6-9,11-13,15-18,34H2,1-3H3,(H,41,46)(H,42,50)(H,43,48)(H,44,49)(H4,35,36,39)(H4,37,38,40)/t22-,23-,24-,25-/m0/s1. The summed E-state index contributed by atoms with van der Waals surface area (Å²) < 4.78 is 0.824. The van der Waals surface area contributed by atoms with E-state index in [4.69, 9.17) is 28.7 Å². The molecule has 0 saturated carbocycles. The van der Waals surface area contributed by atoms with E-state index in [1.807, 2.05) is 32.0 Å². The molecular formula is C33H54N12O5S. The fraction of sp³-hybridized carbons (Fsp3) is 0.576. The first-order chi connectivity index (χ1) is 24.2. The van der Waals surface area contributed by atoms with Crippen molar-refractivity contribution in [3.05, 3.63) is 29.3 Å². The van der Waals surface area contributed by atoms with E-state index in [0.717, 1.165) is 4.70 Å². The highest BCUT2D eigenvalue weighted by atomic mass is 32.1. The van der Waals surface area contributed by atoms with Crippen LogP contribution in [0.4, 0.5) is 0 Å². The lowest BCUT2D eigenvalue weighted by Gasteiger charge is -2.27. The number of thiazole rings is 1. The quantitative estimate of drug-likeness (QED) is 0.0310. The summed E-state index contributed by atoms with van der Waals surface area (Å²) in [6.07, 6.45) is 2.81. The zero-order chi connectivity index (χ0) is 37.9. The molecule has 17 nitrogen and oxygen atoms in total. The third-order valence-corrected chi connectivity index (χ3v) is 8.69. The fourth-order valence-corrected chi connectivity index (χ4v) is 6.16. The summed E-state index contributed by atoms with van der Waals surface area (Å²) in [6, 6.07) is 3.28. The van der Waals surface area contributed by atoms with Crippen LogP contribution in [0.2, 0.25) is 0 Å². The Morgan fingerprint density at radius 2 is 1.24 bits per heavy atom. The predicted molar refractivity (Wildman–Crippen MR) is 200 cm³/mol. The minimum Gasteiger partial charge on any atom is -0.370 e. The molecule has 51 heavy (non-hydrogen) atoms. The maximum Gasteiger partial charge on any atom is 0.243 e. The number of aliphatic imine (C=N–C) groups is 2. The summed E-state index contributed by atoms with van der Waals surface area (Å²) in [7, 11) is 0. The van der Waals surface area contributed by atoms with Crippen molar-refractivity contribution in [3.8, 4) is 0 Å². The summed E-state index contributed by atoms with van der Waals surface area (Å²) in [5.41, 5.74) is 28.1. The molecule has 0 spiro atoms. The number of nitrogens with zero attached hydrogens (tertiary/aromatic N) is 3. The Morgan fingerprint density at radius 1 is 0.725 bits per heavy atom. The molecule has 14 N–H and O–H groups in total. The summed E-state index contributed by atoms with van der Waals surface area (Å²) >= 11 is 1.22. The van der Waals surface area contributed by atoms with Crippen molar-refractivity contribution in [2.24, 2.45) is 44.6 Å². The normalized spacial score (nSPS) is 13.4. The van der Waals surface area contributed by atoms with Gasteiger partial charge < -0.3 is 49.9 Å². The molecule has 282 valence electrons. The van der Waals surface area contributed by atoms with Crippen LogP contribution in [-0.2, 0) is 19.2 Å². The van der Waals surface area contributed by atoms with E-state index in [-0.39, 0.29) is 61.0 Å². The van der Waals surface area contributed by atoms with Gasteiger partial charge in [0.2, 0.25) is 29.4 Å². The topological polar surface area (TPSA) is 301 Å². The molecule has 1 aromatic heterocycles. The minimum absolute atomic E-state index is 0.0390. The van der Waals surface area contributed by atoms with Gasteiger partial charge in [0.25, 0.3) is 0 Å². The zero-order valence-electron chi connectivity index (χ0n) is 29.7. The molecule has 4 amide bonds. The van der Waals surface area contributed by atoms with E-state index < -0.39 is 47.8 Å².